The largest absolute Gasteiger partial charge is 0.339 e. The number of rotatable bonds is 4. The van der Waals surface area contributed by atoms with Gasteiger partial charge < -0.3 is 16.0 Å². The zero-order valence-corrected chi connectivity index (χ0v) is 15.6. The SMILES string of the molecule is Cc1cc(C(=O)N2CCCC2)ccc1NC(=O)[C@@H]1CCC[C@@H]1CN.Cl. The molecule has 0 radical (unpaired) electrons. The van der Waals surface area contributed by atoms with Crippen molar-refractivity contribution in [1.29, 1.82) is 0 Å². The van der Waals surface area contributed by atoms with Crippen molar-refractivity contribution in [3.05, 3.63) is 29.3 Å². The fourth-order valence-corrected chi connectivity index (χ4v) is 3.93. The van der Waals surface area contributed by atoms with Gasteiger partial charge in [0, 0.05) is 30.3 Å². The minimum absolute atomic E-state index is 0. The summed E-state index contributed by atoms with van der Waals surface area (Å²) in [5, 5.41) is 3.03. The van der Waals surface area contributed by atoms with Crippen molar-refractivity contribution in [3.63, 3.8) is 0 Å². The van der Waals surface area contributed by atoms with E-state index in [0.717, 1.165) is 56.4 Å². The number of anilines is 1. The van der Waals surface area contributed by atoms with Crippen LogP contribution in [0.3, 0.4) is 0 Å². The van der Waals surface area contributed by atoms with Crippen LogP contribution in [0.15, 0.2) is 18.2 Å². The van der Waals surface area contributed by atoms with E-state index in [-0.39, 0.29) is 30.1 Å². The molecular weight excluding hydrogens is 338 g/mol. The first-order chi connectivity index (χ1) is 11.6. The van der Waals surface area contributed by atoms with E-state index < -0.39 is 0 Å². The summed E-state index contributed by atoms with van der Waals surface area (Å²) in [5.41, 5.74) is 8.20. The number of aryl methyl sites for hydroxylation is 1. The van der Waals surface area contributed by atoms with Gasteiger partial charge in [0.2, 0.25) is 5.91 Å². The molecule has 0 bridgehead atoms. The number of hydrogen-bond acceptors (Lipinski definition) is 3. The minimum atomic E-state index is 0. The zero-order chi connectivity index (χ0) is 17.1. The van der Waals surface area contributed by atoms with Crippen LogP contribution < -0.4 is 11.1 Å². The van der Waals surface area contributed by atoms with Crippen LogP contribution in [0.2, 0.25) is 0 Å². The number of likely N-dealkylation sites (tertiary alicyclic amines) is 1. The first kappa shape index (κ1) is 19.7. The van der Waals surface area contributed by atoms with Gasteiger partial charge in [-0.25, -0.2) is 0 Å². The van der Waals surface area contributed by atoms with Crippen molar-refractivity contribution >= 4 is 29.9 Å². The number of carbonyl (C=O) groups excluding carboxylic acids is 2. The van der Waals surface area contributed by atoms with Gasteiger partial charge >= 0.3 is 0 Å². The van der Waals surface area contributed by atoms with Gasteiger partial charge in [-0.3, -0.25) is 9.59 Å². The lowest BCUT2D eigenvalue weighted by molar-refractivity contribution is -0.120. The summed E-state index contributed by atoms with van der Waals surface area (Å²) in [7, 11) is 0. The summed E-state index contributed by atoms with van der Waals surface area (Å²) in [6, 6.07) is 5.55. The highest BCUT2D eigenvalue weighted by molar-refractivity contribution is 5.97. The Morgan fingerprint density at radius 3 is 2.56 bits per heavy atom. The number of amides is 2. The molecule has 25 heavy (non-hydrogen) atoms. The highest BCUT2D eigenvalue weighted by Crippen LogP contribution is 2.32. The average Bonchev–Trinajstić information content (AvgIpc) is 3.27. The molecule has 1 saturated carbocycles. The molecule has 0 unspecified atom stereocenters. The van der Waals surface area contributed by atoms with Crippen LogP contribution in [-0.4, -0.2) is 36.3 Å². The number of hydrogen-bond donors (Lipinski definition) is 2. The molecule has 2 amide bonds. The van der Waals surface area contributed by atoms with Crippen LogP contribution in [-0.2, 0) is 4.79 Å². The first-order valence-corrected chi connectivity index (χ1v) is 9.01. The number of nitrogens with one attached hydrogen (secondary N) is 1. The molecule has 1 heterocycles. The van der Waals surface area contributed by atoms with Gasteiger partial charge in [0.25, 0.3) is 5.91 Å². The average molecular weight is 366 g/mol. The molecule has 2 fully saturated rings. The highest BCUT2D eigenvalue weighted by atomic mass is 35.5. The van der Waals surface area contributed by atoms with Gasteiger partial charge in [-0.1, -0.05) is 6.42 Å². The Kier molecular flexibility index (Phi) is 6.85. The number of carbonyl (C=O) groups is 2. The second-order valence-corrected chi connectivity index (χ2v) is 7.05. The normalized spacial score (nSPS) is 22.6. The summed E-state index contributed by atoms with van der Waals surface area (Å²) in [5.74, 6) is 0.457. The van der Waals surface area contributed by atoms with Crippen molar-refractivity contribution in [3.8, 4) is 0 Å². The number of nitrogens with two attached hydrogens (primary N) is 1. The summed E-state index contributed by atoms with van der Waals surface area (Å²) < 4.78 is 0. The van der Waals surface area contributed by atoms with Gasteiger partial charge in [-0.2, -0.15) is 0 Å². The maximum atomic E-state index is 12.5. The Bertz CT molecular complexity index is 629. The highest BCUT2D eigenvalue weighted by Gasteiger charge is 2.32. The molecule has 0 spiro atoms. The topological polar surface area (TPSA) is 75.4 Å². The van der Waals surface area contributed by atoms with Crippen LogP contribution in [0.1, 0.15) is 48.0 Å². The number of nitrogens with zero attached hydrogens (tertiary/aromatic N) is 1. The van der Waals surface area contributed by atoms with Gasteiger partial charge in [0.1, 0.15) is 0 Å². The third-order valence-corrected chi connectivity index (χ3v) is 5.42. The Labute approximate surface area is 155 Å². The Morgan fingerprint density at radius 1 is 1.20 bits per heavy atom. The molecule has 1 aromatic carbocycles. The number of benzene rings is 1. The monoisotopic (exact) mass is 365 g/mol. The van der Waals surface area contributed by atoms with Crippen LogP contribution in [0, 0.1) is 18.8 Å². The predicted molar refractivity (Wildman–Crippen MR) is 102 cm³/mol. The van der Waals surface area contributed by atoms with Gasteiger partial charge in [-0.15, -0.1) is 12.4 Å². The molecule has 2 aliphatic rings. The fourth-order valence-electron chi connectivity index (χ4n) is 3.93. The van der Waals surface area contributed by atoms with E-state index >= 15 is 0 Å². The lowest BCUT2D eigenvalue weighted by atomic mass is 9.95. The molecular formula is C19H28ClN3O2. The third kappa shape index (κ3) is 4.33. The molecule has 138 valence electrons. The summed E-state index contributed by atoms with van der Waals surface area (Å²) in [4.78, 5) is 26.9. The maximum absolute atomic E-state index is 12.5. The lowest BCUT2D eigenvalue weighted by Crippen LogP contribution is -2.30. The van der Waals surface area contributed by atoms with Crippen LogP contribution >= 0.6 is 12.4 Å². The number of halogens is 1. The fraction of sp³-hybridized carbons (Fsp3) is 0.579. The van der Waals surface area contributed by atoms with E-state index in [2.05, 4.69) is 5.32 Å². The quantitative estimate of drug-likeness (QED) is 0.861. The standard InChI is InChI=1S/C19H27N3O2.ClH/c1-13-11-14(19(24)22-9-2-3-10-22)7-8-17(13)21-18(23)16-6-4-5-15(16)12-20;/h7-8,11,15-16H,2-6,9-10,12,20H2,1H3,(H,21,23);1H/t15-,16-;/m1./s1. The van der Waals surface area contributed by atoms with Gasteiger partial charge in [0.05, 0.1) is 0 Å². The maximum Gasteiger partial charge on any atom is 0.253 e. The molecule has 1 aromatic rings. The third-order valence-electron chi connectivity index (χ3n) is 5.42. The van der Waals surface area contributed by atoms with Gasteiger partial charge in [0.15, 0.2) is 0 Å². The smallest absolute Gasteiger partial charge is 0.253 e. The molecule has 2 atom stereocenters. The van der Waals surface area contributed by atoms with Crippen molar-refractivity contribution in [2.45, 2.75) is 39.0 Å². The molecule has 5 nitrogen and oxygen atoms in total. The molecule has 1 aliphatic heterocycles. The van der Waals surface area contributed by atoms with Gasteiger partial charge in [-0.05, 0) is 68.8 Å². The molecule has 3 N–H and O–H groups in total. The molecule has 1 saturated heterocycles. The molecule has 0 aromatic heterocycles. The predicted octanol–water partition coefficient (Wildman–Crippen LogP) is 2.97. The van der Waals surface area contributed by atoms with Crippen molar-refractivity contribution in [2.24, 2.45) is 17.6 Å². The first-order valence-electron chi connectivity index (χ1n) is 9.01. The molecule has 3 rings (SSSR count). The van der Waals surface area contributed by atoms with Crippen molar-refractivity contribution in [1.82, 2.24) is 4.90 Å². The van der Waals surface area contributed by atoms with E-state index in [0.29, 0.717) is 18.0 Å². The summed E-state index contributed by atoms with van der Waals surface area (Å²) >= 11 is 0. The minimum Gasteiger partial charge on any atom is -0.339 e. The summed E-state index contributed by atoms with van der Waals surface area (Å²) in [6.07, 6.45) is 5.20. The second kappa shape index (κ2) is 8.68. The summed E-state index contributed by atoms with van der Waals surface area (Å²) in [6.45, 7) is 4.20. The van der Waals surface area contributed by atoms with Crippen LogP contribution in [0.5, 0.6) is 0 Å². The van der Waals surface area contributed by atoms with Crippen LogP contribution in [0.25, 0.3) is 0 Å². The van der Waals surface area contributed by atoms with E-state index in [9.17, 15) is 9.59 Å². The van der Waals surface area contributed by atoms with E-state index in [4.69, 9.17) is 5.73 Å². The molecule has 6 heteroatoms. The van der Waals surface area contributed by atoms with E-state index in [1.165, 1.54) is 0 Å². The van der Waals surface area contributed by atoms with E-state index in [1.807, 2.05) is 30.0 Å². The Morgan fingerprint density at radius 2 is 1.92 bits per heavy atom. The lowest BCUT2D eigenvalue weighted by Gasteiger charge is -2.19. The Balaban J connectivity index is 0.00000225. The zero-order valence-electron chi connectivity index (χ0n) is 14.8. The second-order valence-electron chi connectivity index (χ2n) is 7.05. The Hall–Kier alpha value is -1.59. The molecule has 1 aliphatic carbocycles. The van der Waals surface area contributed by atoms with E-state index in [1.54, 1.807) is 0 Å². The van der Waals surface area contributed by atoms with Crippen LogP contribution in [0.4, 0.5) is 5.69 Å². The van der Waals surface area contributed by atoms with Crippen molar-refractivity contribution in [2.75, 3.05) is 25.0 Å². The van der Waals surface area contributed by atoms with Crippen molar-refractivity contribution < 1.29 is 9.59 Å².